The molecule has 2 fully saturated rings. The number of nitrogens with zero attached hydrogens (tertiary/aromatic N) is 6. The predicted molar refractivity (Wildman–Crippen MR) is 208 cm³/mol. The van der Waals surface area contributed by atoms with Gasteiger partial charge < -0.3 is 24.0 Å². The molecule has 1 saturated carbocycles. The van der Waals surface area contributed by atoms with E-state index in [-0.39, 0.29) is 18.0 Å². The summed E-state index contributed by atoms with van der Waals surface area (Å²) in [4.78, 5) is 42.8. The first-order valence-electron chi connectivity index (χ1n) is 19.3. The van der Waals surface area contributed by atoms with Crippen LogP contribution in [0.3, 0.4) is 0 Å². The number of rotatable bonds is 10. The first-order chi connectivity index (χ1) is 26.2. The van der Waals surface area contributed by atoms with E-state index in [0.29, 0.717) is 67.8 Å². The molecule has 11 nitrogen and oxygen atoms in total. The van der Waals surface area contributed by atoms with Crippen LogP contribution in [0.15, 0.2) is 48.5 Å². The summed E-state index contributed by atoms with van der Waals surface area (Å²) in [7, 11) is 3.59. The molecule has 3 aliphatic heterocycles. The maximum atomic E-state index is 14.3. The number of anilines is 1. The Labute approximate surface area is 321 Å². The fourth-order valence-corrected chi connectivity index (χ4v) is 9.47. The van der Waals surface area contributed by atoms with Crippen LogP contribution in [-0.2, 0) is 42.5 Å². The number of imidazole rings is 1. The van der Waals surface area contributed by atoms with Gasteiger partial charge in [-0.3, -0.25) is 19.4 Å². The Hall–Kier alpha value is -4.29. The van der Waals surface area contributed by atoms with Gasteiger partial charge in [0.2, 0.25) is 5.88 Å². The van der Waals surface area contributed by atoms with Crippen LogP contribution in [0.4, 0.5) is 5.69 Å². The van der Waals surface area contributed by atoms with Gasteiger partial charge >= 0.3 is 5.97 Å². The lowest BCUT2D eigenvalue weighted by atomic mass is 9.95. The standard InChI is InChI=1S/C42H49ClN6O5/c1-4-54-38(51)22-26-11-13-28(21-26)48-19-17-37-35(25-48)44-40(46(37)2)42(52)49-20-16-31-30(7-6-10-36(31)49)32-8-5-9-33(39(32)43)34-14-12-27(41(45-34)53-3)23-47-18-15-29(50)24-47/h5-10,12,14,26,28-29,50H,4,11,13,15-25H2,1-3H3/t26?,28?,29-/m1/s1. The number of aromatic nitrogens is 3. The van der Waals surface area contributed by atoms with Gasteiger partial charge in [-0.1, -0.05) is 48.0 Å². The number of aliphatic hydroxyl groups excluding tert-OH is 1. The van der Waals surface area contributed by atoms with Crippen LogP contribution in [0.2, 0.25) is 5.02 Å². The van der Waals surface area contributed by atoms with E-state index in [4.69, 9.17) is 31.0 Å². The molecule has 4 aliphatic rings. The average Bonchev–Trinajstić information content (AvgIpc) is 3.98. The van der Waals surface area contributed by atoms with Gasteiger partial charge in [-0.15, -0.1) is 0 Å². The Morgan fingerprint density at radius 2 is 1.78 bits per heavy atom. The van der Waals surface area contributed by atoms with Crippen molar-refractivity contribution in [1.29, 1.82) is 0 Å². The topological polar surface area (TPSA) is 113 Å². The summed E-state index contributed by atoms with van der Waals surface area (Å²) in [6.45, 7) is 6.62. The molecule has 2 unspecified atom stereocenters. The molecule has 2 aromatic carbocycles. The number of hydrogen-bond donors (Lipinski definition) is 1. The Morgan fingerprint density at radius 1 is 0.963 bits per heavy atom. The number of carbonyl (C=O) groups excluding carboxylic acids is 2. The van der Waals surface area contributed by atoms with Gasteiger partial charge in [-0.2, -0.15) is 0 Å². The third-order valence-electron chi connectivity index (χ3n) is 11.9. The molecule has 1 amide bonds. The number of ether oxygens (including phenoxy) is 2. The number of pyridine rings is 1. The quantitative estimate of drug-likeness (QED) is 0.193. The number of hydrogen-bond acceptors (Lipinski definition) is 9. The molecule has 8 rings (SSSR count). The molecule has 284 valence electrons. The number of halogens is 1. The monoisotopic (exact) mass is 752 g/mol. The lowest BCUT2D eigenvalue weighted by Crippen LogP contribution is -2.38. The van der Waals surface area contributed by atoms with Gasteiger partial charge in [0, 0.05) is 93.3 Å². The zero-order chi connectivity index (χ0) is 37.5. The summed E-state index contributed by atoms with van der Waals surface area (Å²) < 4.78 is 12.9. The van der Waals surface area contributed by atoms with Crippen LogP contribution in [-0.4, -0.2) is 93.4 Å². The van der Waals surface area contributed by atoms with Crippen molar-refractivity contribution in [2.75, 3.05) is 44.8 Å². The third-order valence-corrected chi connectivity index (χ3v) is 12.3. The van der Waals surface area contributed by atoms with E-state index in [1.807, 2.05) is 65.9 Å². The Bertz CT molecular complexity index is 2070. The van der Waals surface area contributed by atoms with Gasteiger partial charge in [0.1, 0.15) is 0 Å². The summed E-state index contributed by atoms with van der Waals surface area (Å²) in [5.41, 5.74) is 8.45. The second kappa shape index (κ2) is 15.5. The second-order valence-electron chi connectivity index (χ2n) is 15.2. The lowest BCUT2D eigenvalue weighted by molar-refractivity contribution is -0.144. The second-order valence-corrected chi connectivity index (χ2v) is 15.5. The number of β-amino-alcohol motifs (C(OH)–C–C–N with tert-alkyl or cyclic N) is 1. The van der Waals surface area contributed by atoms with E-state index in [1.165, 1.54) is 0 Å². The number of methoxy groups -OCH3 is 1. The van der Waals surface area contributed by atoms with Crippen LogP contribution in [0.1, 0.15) is 72.2 Å². The summed E-state index contributed by atoms with van der Waals surface area (Å²) in [5, 5.41) is 10.6. The lowest BCUT2D eigenvalue weighted by Gasteiger charge is -2.32. The van der Waals surface area contributed by atoms with Crippen LogP contribution < -0.4 is 9.64 Å². The minimum atomic E-state index is -0.288. The number of benzene rings is 2. The van der Waals surface area contributed by atoms with E-state index in [9.17, 15) is 14.7 Å². The van der Waals surface area contributed by atoms with Gasteiger partial charge in [0.25, 0.3) is 5.91 Å². The molecule has 0 spiro atoms. The summed E-state index contributed by atoms with van der Waals surface area (Å²) >= 11 is 7.21. The Morgan fingerprint density at radius 3 is 2.57 bits per heavy atom. The smallest absolute Gasteiger partial charge is 0.306 e. The molecule has 1 saturated heterocycles. The molecule has 54 heavy (non-hydrogen) atoms. The minimum Gasteiger partial charge on any atom is -0.481 e. The molecule has 12 heteroatoms. The molecule has 0 radical (unpaired) electrons. The Balaban J connectivity index is 0.999. The highest BCUT2D eigenvalue weighted by atomic mass is 35.5. The fourth-order valence-electron chi connectivity index (χ4n) is 9.14. The van der Waals surface area contributed by atoms with Crippen molar-refractivity contribution < 1.29 is 24.2 Å². The molecule has 2 aromatic heterocycles. The highest BCUT2D eigenvalue weighted by Crippen LogP contribution is 2.43. The van der Waals surface area contributed by atoms with E-state index in [0.717, 1.165) is 102 Å². The van der Waals surface area contributed by atoms with Gasteiger partial charge in [0.05, 0.1) is 36.2 Å². The van der Waals surface area contributed by atoms with E-state index >= 15 is 0 Å². The van der Waals surface area contributed by atoms with Crippen LogP contribution in [0.5, 0.6) is 5.88 Å². The first-order valence-corrected chi connectivity index (χ1v) is 19.7. The number of esters is 1. The van der Waals surface area contributed by atoms with Crippen molar-refractivity contribution in [2.45, 2.75) is 77.1 Å². The van der Waals surface area contributed by atoms with Gasteiger partial charge in [-0.05, 0) is 68.2 Å². The molecule has 0 bridgehead atoms. The van der Waals surface area contributed by atoms with Crippen molar-refractivity contribution >= 4 is 29.2 Å². The largest absolute Gasteiger partial charge is 0.481 e. The molecule has 3 atom stereocenters. The zero-order valence-electron chi connectivity index (χ0n) is 31.4. The van der Waals surface area contributed by atoms with Crippen molar-refractivity contribution in [3.8, 4) is 28.3 Å². The molecular weight excluding hydrogens is 704 g/mol. The molecule has 1 N–H and O–H groups in total. The number of carbonyl (C=O) groups is 2. The van der Waals surface area contributed by atoms with Crippen molar-refractivity contribution in [3.05, 3.63) is 81.9 Å². The molecule has 5 heterocycles. The Kier molecular flexibility index (Phi) is 10.5. The summed E-state index contributed by atoms with van der Waals surface area (Å²) in [5.74, 6) is 1.19. The van der Waals surface area contributed by atoms with Crippen molar-refractivity contribution in [2.24, 2.45) is 13.0 Å². The van der Waals surface area contributed by atoms with E-state index in [1.54, 1.807) is 7.11 Å². The summed E-state index contributed by atoms with van der Waals surface area (Å²) in [6.07, 6.45) is 5.63. The van der Waals surface area contributed by atoms with Crippen LogP contribution in [0, 0.1) is 5.92 Å². The van der Waals surface area contributed by atoms with Gasteiger partial charge in [0.15, 0.2) is 5.82 Å². The maximum absolute atomic E-state index is 14.3. The maximum Gasteiger partial charge on any atom is 0.306 e. The number of aliphatic hydroxyl groups is 1. The molecule has 1 aliphatic carbocycles. The van der Waals surface area contributed by atoms with Crippen molar-refractivity contribution in [3.63, 3.8) is 0 Å². The van der Waals surface area contributed by atoms with E-state index in [2.05, 4.69) is 15.9 Å². The normalized spacial score (nSPS) is 21.4. The molecule has 4 aromatic rings. The number of amides is 1. The fraction of sp³-hybridized carbons (Fsp3) is 0.476. The van der Waals surface area contributed by atoms with E-state index < -0.39 is 0 Å². The zero-order valence-corrected chi connectivity index (χ0v) is 32.1. The third kappa shape index (κ3) is 7.03. The highest BCUT2D eigenvalue weighted by molar-refractivity contribution is 6.36. The number of fused-ring (bicyclic) bond motifs is 2. The predicted octanol–water partition coefficient (Wildman–Crippen LogP) is 6.06. The minimum absolute atomic E-state index is 0.0932. The summed E-state index contributed by atoms with van der Waals surface area (Å²) in [6, 6.07) is 16.5. The first kappa shape index (κ1) is 36.7. The highest BCUT2D eigenvalue weighted by Gasteiger charge is 2.36. The van der Waals surface area contributed by atoms with Crippen molar-refractivity contribution in [1.82, 2.24) is 24.3 Å². The average molecular weight is 753 g/mol. The van der Waals surface area contributed by atoms with Crippen LogP contribution >= 0.6 is 11.6 Å². The number of likely N-dealkylation sites (tertiary alicyclic amines) is 1. The molecular formula is C42H49ClN6O5. The van der Waals surface area contributed by atoms with Crippen LogP contribution in [0.25, 0.3) is 22.4 Å². The SMILES string of the molecule is CCOC(=O)CC1CCC(N2CCc3c(nc(C(=O)N4CCc5c(-c6cccc(-c7ccc(CN8CC[C@@H](O)C8)c(OC)n7)c6Cl)cccc54)n3C)C2)C1. The van der Waals surface area contributed by atoms with Gasteiger partial charge in [-0.25, -0.2) is 9.97 Å².